The first-order valence-electron chi connectivity index (χ1n) is 8.69. The second-order valence-corrected chi connectivity index (χ2v) is 6.50. The molecule has 0 atom stereocenters. The topological polar surface area (TPSA) is 70.7 Å². The van der Waals surface area contributed by atoms with Crippen LogP contribution in [0, 0.1) is 17.2 Å². The van der Waals surface area contributed by atoms with Gasteiger partial charge < -0.3 is 5.32 Å². The molecule has 142 valence electrons. The number of hydrogen-bond acceptors (Lipinski definition) is 3. The molecule has 0 saturated carbocycles. The summed E-state index contributed by atoms with van der Waals surface area (Å²) in [5, 5.41) is 15.6. The van der Waals surface area contributed by atoms with Crippen LogP contribution in [0.5, 0.6) is 0 Å². The predicted molar refractivity (Wildman–Crippen MR) is 99.4 cm³/mol. The molecule has 0 aromatic carbocycles. The number of allylic oxidation sites excluding steroid dienone is 5. The van der Waals surface area contributed by atoms with Gasteiger partial charge in [-0.05, 0) is 24.0 Å². The number of carbonyl (C=O) groups excluding carboxylic acids is 1. The normalized spacial score (nSPS) is 15.3. The number of nitrogens with one attached hydrogen (secondary N) is 1. The first-order valence-corrected chi connectivity index (χ1v) is 8.69. The van der Waals surface area contributed by atoms with E-state index in [9.17, 15) is 13.6 Å². The van der Waals surface area contributed by atoms with Gasteiger partial charge in [-0.1, -0.05) is 32.1 Å². The summed E-state index contributed by atoms with van der Waals surface area (Å²) in [7, 11) is 1.74. The molecule has 27 heavy (non-hydrogen) atoms. The van der Waals surface area contributed by atoms with E-state index in [-0.39, 0.29) is 25.3 Å². The molecule has 1 aromatic rings. The zero-order valence-corrected chi connectivity index (χ0v) is 15.6. The van der Waals surface area contributed by atoms with E-state index in [1.807, 2.05) is 26.0 Å². The maximum Gasteiger partial charge on any atom is 0.257 e. The smallest absolute Gasteiger partial charge is 0.257 e. The average molecular weight is 372 g/mol. The van der Waals surface area contributed by atoms with Crippen LogP contribution in [0.3, 0.4) is 0 Å². The predicted octanol–water partition coefficient (Wildman–Crippen LogP) is 3.87. The van der Waals surface area contributed by atoms with Gasteiger partial charge in [-0.25, -0.2) is 8.78 Å². The summed E-state index contributed by atoms with van der Waals surface area (Å²) >= 11 is 0. The number of carbonyl (C=O) groups is 1. The van der Waals surface area contributed by atoms with Crippen molar-refractivity contribution in [1.82, 2.24) is 15.1 Å². The van der Waals surface area contributed by atoms with Crippen molar-refractivity contribution >= 4 is 11.5 Å². The molecule has 0 fully saturated rings. The molecule has 0 aliphatic heterocycles. The summed E-state index contributed by atoms with van der Waals surface area (Å²) in [4.78, 5) is 12.0. The Hall–Kier alpha value is -3.01. The van der Waals surface area contributed by atoms with Crippen LogP contribution < -0.4 is 5.32 Å². The molecule has 7 heteroatoms. The molecule has 0 bridgehead atoms. The highest BCUT2D eigenvalue weighted by Gasteiger charge is 2.22. The molecular weight excluding hydrogens is 350 g/mol. The number of rotatable bonds is 6. The third kappa shape index (κ3) is 5.23. The summed E-state index contributed by atoms with van der Waals surface area (Å²) < 4.78 is 29.0. The van der Waals surface area contributed by atoms with Crippen LogP contribution in [0.4, 0.5) is 8.78 Å². The molecule has 1 aliphatic carbocycles. The Bertz CT molecular complexity index is 882. The van der Waals surface area contributed by atoms with Crippen LogP contribution in [0.1, 0.15) is 38.1 Å². The molecule has 0 radical (unpaired) electrons. The summed E-state index contributed by atoms with van der Waals surface area (Å²) in [5.74, 6) is -2.07. The molecule has 1 aliphatic rings. The lowest BCUT2D eigenvalue weighted by Crippen LogP contribution is -2.26. The van der Waals surface area contributed by atoms with Gasteiger partial charge in [0.1, 0.15) is 23.3 Å². The van der Waals surface area contributed by atoms with Gasteiger partial charge in [0.05, 0.1) is 5.69 Å². The summed E-state index contributed by atoms with van der Waals surface area (Å²) in [6, 6.07) is 3.68. The molecule has 0 unspecified atom stereocenters. The van der Waals surface area contributed by atoms with Crippen molar-refractivity contribution in [2.24, 2.45) is 13.0 Å². The van der Waals surface area contributed by atoms with Gasteiger partial charge in [-0.3, -0.25) is 9.48 Å². The van der Waals surface area contributed by atoms with Crippen LogP contribution in [0.25, 0.3) is 5.57 Å². The zero-order valence-electron chi connectivity index (χ0n) is 15.6. The Morgan fingerprint density at radius 1 is 1.48 bits per heavy atom. The Balaban J connectivity index is 2.10. The van der Waals surface area contributed by atoms with E-state index in [1.54, 1.807) is 29.9 Å². The molecule has 1 N–H and O–H groups in total. The van der Waals surface area contributed by atoms with E-state index < -0.39 is 23.1 Å². The van der Waals surface area contributed by atoms with Crippen LogP contribution >= 0.6 is 0 Å². The van der Waals surface area contributed by atoms with Gasteiger partial charge in [-0.2, -0.15) is 10.4 Å². The number of amides is 1. The quantitative estimate of drug-likeness (QED) is 0.771. The summed E-state index contributed by atoms with van der Waals surface area (Å²) in [6.45, 7) is 4.15. The van der Waals surface area contributed by atoms with Gasteiger partial charge in [-0.15, -0.1) is 0 Å². The first-order chi connectivity index (χ1) is 12.8. The molecule has 1 heterocycles. The zero-order chi connectivity index (χ0) is 20.0. The van der Waals surface area contributed by atoms with Gasteiger partial charge in [0.15, 0.2) is 5.69 Å². The van der Waals surface area contributed by atoms with Crippen molar-refractivity contribution in [2.75, 3.05) is 6.54 Å². The average Bonchev–Trinajstić information content (AvgIpc) is 2.98. The Kier molecular flexibility index (Phi) is 6.83. The van der Waals surface area contributed by atoms with Crippen molar-refractivity contribution in [3.8, 4) is 6.07 Å². The van der Waals surface area contributed by atoms with E-state index in [4.69, 9.17) is 5.26 Å². The number of aryl methyl sites for hydroxylation is 1. The number of nitriles is 1. The minimum Gasteiger partial charge on any atom is -0.348 e. The fourth-order valence-electron chi connectivity index (χ4n) is 2.72. The van der Waals surface area contributed by atoms with Crippen molar-refractivity contribution in [3.05, 3.63) is 59.0 Å². The van der Waals surface area contributed by atoms with E-state index in [1.165, 1.54) is 6.08 Å². The third-order valence-electron chi connectivity index (χ3n) is 3.91. The molecule has 0 spiro atoms. The first kappa shape index (κ1) is 20.3. The molecule has 5 nitrogen and oxygen atoms in total. The van der Waals surface area contributed by atoms with Crippen molar-refractivity contribution < 1.29 is 13.6 Å². The van der Waals surface area contributed by atoms with E-state index >= 15 is 0 Å². The van der Waals surface area contributed by atoms with Crippen LogP contribution in [0.2, 0.25) is 0 Å². The van der Waals surface area contributed by atoms with E-state index in [0.717, 1.165) is 11.3 Å². The maximum atomic E-state index is 13.7. The highest BCUT2D eigenvalue weighted by Crippen LogP contribution is 2.27. The fourth-order valence-corrected chi connectivity index (χ4v) is 2.72. The van der Waals surface area contributed by atoms with Gasteiger partial charge in [0.25, 0.3) is 5.91 Å². The Labute approximate surface area is 157 Å². The van der Waals surface area contributed by atoms with Crippen molar-refractivity contribution in [3.63, 3.8) is 0 Å². The fraction of sp³-hybridized carbons (Fsp3) is 0.350. The Morgan fingerprint density at radius 3 is 2.81 bits per heavy atom. The SMILES string of the molecule is CC(C)C=C(C=CCNC(=O)C1=C(F)CCC=C1F)c1cc(C#N)nn1C. The second-order valence-electron chi connectivity index (χ2n) is 6.50. The maximum absolute atomic E-state index is 13.7. The second kappa shape index (κ2) is 9.08. The summed E-state index contributed by atoms with van der Waals surface area (Å²) in [5.41, 5.74) is 1.39. The van der Waals surface area contributed by atoms with Crippen LogP contribution in [0.15, 0.2) is 47.6 Å². The number of aromatic nitrogens is 2. The lowest BCUT2D eigenvalue weighted by Gasteiger charge is -2.11. The highest BCUT2D eigenvalue weighted by molar-refractivity contribution is 5.98. The van der Waals surface area contributed by atoms with Crippen molar-refractivity contribution in [2.45, 2.75) is 26.7 Å². The molecular formula is C20H22F2N4O. The number of hydrogen-bond donors (Lipinski definition) is 1. The van der Waals surface area contributed by atoms with Crippen molar-refractivity contribution in [1.29, 1.82) is 5.26 Å². The van der Waals surface area contributed by atoms with Crippen LogP contribution in [-0.4, -0.2) is 22.2 Å². The van der Waals surface area contributed by atoms with E-state index in [0.29, 0.717) is 5.69 Å². The third-order valence-corrected chi connectivity index (χ3v) is 3.91. The number of nitrogens with zero attached hydrogens (tertiary/aromatic N) is 3. The molecule has 1 amide bonds. The standard InChI is InChI=1S/C20H22F2N4O/c1-13(2)10-14(18-11-15(12-23)25-26(18)3)6-5-9-24-20(27)19-16(21)7-4-8-17(19)22/h5-7,10-11,13H,4,8-9H2,1-3H3,(H,24,27). The summed E-state index contributed by atoms with van der Waals surface area (Å²) in [6.07, 6.45) is 6.99. The minimum atomic E-state index is -0.820. The van der Waals surface area contributed by atoms with Crippen LogP contribution in [-0.2, 0) is 11.8 Å². The lowest BCUT2D eigenvalue weighted by atomic mass is 10.0. The minimum absolute atomic E-state index is 0.0367. The van der Waals surface area contributed by atoms with E-state index in [2.05, 4.69) is 10.4 Å². The Morgan fingerprint density at radius 2 is 2.22 bits per heavy atom. The largest absolute Gasteiger partial charge is 0.348 e. The van der Waals surface area contributed by atoms with Gasteiger partial charge in [0.2, 0.25) is 0 Å². The molecule has 0 saturated heterocycles. The van der Waals surface area contributed by atoms with Gasteiger partial charge in [0, 0.05) is 26.1 Å². The monoisotopic (exact) mass is 372 g/mol. The lowest BCUT2D eigenvalue weighted by molar-refractivity contribution is -0.117. The van der Waals surface area contributed by atoms with Gasteiger partial charge >= 0.3 is 0 Å². The number of halogens is 2. The highest BCUT2D eigenvalue weighted by atomic mass is 19.1. The molecule has 2 rings (SSSR count). The molecule has 1 aromatic heterocycles.